The number of aliphatic carboxylic acids is 1. The number of hydrogen-bond acceptors (Lipinski definition) is 4. The second-order valence-electron chi connectivity index (χ2n) is 4.50. The van der Waals surface area contributed by atoms with Crippen LogP contribution >= 0.6 is 0 Å². The minimum absolute atomic E-state index is 0.227. The van der Waals surface area contributed by atoms with Crippen LogP contribution in [0.1, 0.15) is 17.4 Å². The van der Waals surface area contributed by atoms with Crippen molar-refractivity contribution in [3.8, 4) is 0 Å². The third-order valence-electron chi connectivity index (χ3n) is 3.33. The number of aromatic nitrogens is 2. The number of piperazine rings is 1. The summed E-state index contributed by atoms with van der Waals surface area (Å²) in [5.74, 6) is -1.12. The van der Waals surface area contributed by atoms with E-state index in [1.807, 2.05) is 4.90 Å². The maximum Gasteiger partial charge on any atom is 0.323 e. The molecule has 0 spiro atoms. The number of hydrogen-bond donors (Lipinski definition) is 3. The Kier molecular flexibility index (Phi) is 3.70. The maximum absolute atomic E-state index is 12.0. The Labute approximate surface area is 109 Å². The largest absolute Gasteiger partial charge is 0.480 e. The summed E-state index contributed by atoms with van der Waals surface area (Å²) in [4.78, 5) is 42.0. The van der Waals surface area contributed by atoms with Crippen molar-refractivity contribution >= 4 is 11.9 Å². The van der Waals surface area contributed by atoms with Gasteiger partial charge in [-0.15, -0.1) is 0 Å². The minimum atomic E-state index is -0.866. The van der Waals surface area contributed by atoms with E-state index in [1.165, 1.54) is 6.20 Å². The average Bonchev–Trinajstić information content (AvgIpc) is 2.84. The molecule has 1 fully saturated rings. The van der Waals surface area contributed by atoms with E-state index in [2.05, 4.69) is 9.97 Å². The third-order valence-corrected chi connectivity index (χ3v) is 3.33. The van der Waals surface area contributed by atoms with Gasteiger partial charge in [-0.3, -0.25) is 14.5 Å². The maximum atomic E-state index is 12.0. The first-order valence-corrected chi connectivity index (χ1v) is 6.03. The lowest BCUT2D eigenvalue weighted by Gasteiger charge is -2.36. The van der Waals surface area contributed by atoms with Crippen LogP contribution in [0.5, 0.6) is 0 Å². The molecule has 19 heavy (non-hydrogen) atoms. The summed E-state index contributed by atoms with van der Waals surface area (Å²) in [6.45, 7) is 3.54. The van der Waals surface area contributed by atoms with E-state index in [0.29, 0.717) is 26.2 Å². The fraction of sp³-hybridized carbons (Fsp3) is 0.545. The smallest absolute Gasteiger partial charge is 0.323 e. The predicted octanol–water partition coefficient (Wildman–Crippen LogP) is -1.07. The molecule has 104 valence electrons. The first-order chi connectivity index (χ1) is 8.99. The number of rotatable bonds is 3. The summed E-state index contributed by atoms with van der Waals surface area (Å²) < 4.78 is 0. The van der Waals surface area contributed by atoms with Crippen molar-refractivity contribution in [2.24, 2.45) is 0 Å². The van der Waals surface area contributed by atoms with Crippen LogP contribution in [0.3, 0.4) is 0 Å². The molecule has 1 aromatic heterocycles. The average molecular weight is 268 g/mol. The fourth-order valence-corrected chi connectivity index (χ4v) is 2.09. The predicted molar refractivity (Wildman–Crippen MR) is 66.0 cm³/mol. The molecule has 8 heteroatoms. The van der Waals surface area contributed by atoms with Gasteiger partial charge in [0, 0.05) is 32.4 Å². The molecule has 1 atom stereocenters. The first-order valence-electron chi connectivity index (χ1n) is 6.03. The standard InChI is InChI=1S/C11H16N4O4/c1-7(10(17)18)14-2-4-15(5-3-14)9(16)8-6-12-11(19)13-8/h6-7H,2-5H2,1H3,(H,17,18)(H2,12,13,19). The molecule has 1 saturated heterocycles. The number of aromatic amines is 2. The summed E-state index contributed by atoms with van der Waals surface area (Å²) >= 11 is 0. The molecule has 2 rings (SSSR count). The van der Waals surface area contributed by atoms with E-state index >= 15 is 0 Å². The van der Waals surface area contributed by atoms with Crippen molar-refractivity contribution in [3.05, 3.63) is 22.4 Å². The summed E-state index contributed by atoms with van der Waals surface area (Å²) in [7, 11) is 0. The fourth-order valence-electron chi connectivity index (χ4n) is 2.09. The minimum Gasteiger partial charge on any atom is -0.480 e. The Balaban J connectivity index is 1.95. The number of carboxylic acid groups (broad SMARTS) is 1. The SMILES string of the molecule is CC(C(=O)O)N1CCN(C(=O)c2c[nH]c(=O)[nH]2)CC1. The summed E-state index contributed by atoms with van der Waals surface area (Å²) in [5.41, 5.74) is -0.189. The van der Waals surface area contributed by atoms with Crippen LogP contribution in [0.25, 0.3) is 0 Å². The van der Waals surface area contributed by atoms with Gasteiger partial charge in [-0.1, -0.05) is 0 Å². The Hall–Kier alpha value is -2.09. The van der Waals surface area contributed by atoms with Gasteiger partial charge >= 0.3 is 11.7 Å². The van der Waals surface area contributed by atoms with Gasteiger partial charge in [0.15, 0.2) is 0 Å². The molecule has 1 aliphatic rings. The van der Waals surface area contributed by atoms with E-state index in [1.54, 1.807) is 11.8 Å². The summed E-state index contributed by atoms with van der Waals surface area (Å²) in [6, 6.07) is -0.552. The Morgan fingerprint density at radius 2 is 1.95 bits per heavy atom. The molecule has 0 radical (unpaired) electrons. The molecular formula is C11H16N4O4. The van der Waals surface area contributed by atoms with Gasteiger partial charge < -0.3 is 20.0 Å². The number of nitrogens with one attached hydrogen (secondary N) is 2. The number of carbonyl (C=O) groups is 2. The normalized spacial score (nSPS) is 18.3. The molecule has 0 aliphatic carbocycles. The van der Waals surface area contributed by atoms with Crippen LogP contribution in [0.2, 0.25) is 0 Å². The third kappa shape index (κ3) is 2.84. The summed E-state index contributed by atoms with van der Waals surface area (Å²) in [5, 5.41) is 8.92. The van der Waals surface area contributed by atoms with Gasteiger partial charge in [0.25, 0.3) is 5.91 Å². The van der Waals surface area contributed by atoms with Gasteiger partial charge in [0.1, 0.15) is 11.7 Å². The number of H-pyrrole nitrogens is 2. The van der Waals surface area contributed by atoms with Crippen LogP contribution in [0.15, 0.2) is 11.0 Å². The highest BCUT2D eigenvalue weighted by Gasteiger charge is 2.27. The molecule has 0 saturated carbocycles. The van der Waals surface area contributed by atoms with Gasteiger partial charge in [-0.05, 0) is 6.92 Å². The second kappa shape index (κ2) is 5.27. The van der Waals surface area contributed by atoms with E-state index in [9.17, 15) is 14.4 Å². The lowest BCUT2D eigenvalue weighted by Crippen LogP contribution is -2.53. The van der Waals surface area contributed by atoms with Crippen molar-refractivity contribution in [3.63, 3.8) is 0 Å². The molecule has 1 aromatic rings. The highest BCUT2D eigenvalue weighted by Crippen LogP contribution is 2.09. The van der Waals surface area contributed by atoms with Gasteiger partial charge in [-0.2, -0.15) is 0 Å². The molecule has 3 N–H and O–H groups in total. The molecular weight excluding hydrogens is 252 g/mol. The zero-order chi connectivity index (χ0) is 14.0. The lowest BCUT2D eigenvalue weighted by molar-refractivity contribution is -0.143. The molecule has 1 amide bonds. The molecule has 0 aromatic carbocycles. The van der Waals surface area contributed by atoms with Crippen LogP contribution in [0, 0.1) is 0 Å². The van der Waals surface area contributed by atoms with Crippen LogP contribution < -0.4 is 5.69 Å². The summed E-state index contributed by atoms with van der Waals surface area (Å²) in [6.07, 6.45) is 1.34. The van der Waals surface area contributed by atoms with Crippen LogP contribution in [-0.2, 0) is 4.79 Å². The van der Waals surface area contributed by atoms with Crippen molar-refractivity contribution in [1.29, 1.82) is 0 Å². The van der Waals surface area contributed by atoms with Crippen molar-refractivity contribution < 1.29 is 14.7 Å². The van der Waals surface area contributed by atoms with Crippen molar-refractivity contribution in [2.45, 2.75) is 13.0 Å². The molecule has 8 nitrogen and oxygen atoms in total. The number of nitrogens with zero attached hydrogens (tertiary/aromatic N) is 2. The Bertz CT molecular complexity index is 527. The Morgan fingerprint density at radius 3 is 2.42 bits per heavy atom. The van der Waals surface area contributed by atoms with Crippen LogP contribution in [0.4, 0.5) is 0 Å². The van der Waals surface area contributed by atoms with Gasteiger partial charge in [0.2, 0.25) is 0 Å². The number of carbonyl (C=O) groups excluding carboxylic acids is 1. The number of imidazole rings is 1. The highest BCUT2D eigenvalue weighted by molar-refractivity contribution is 5.92. The molecule has 0 bridgehead atoms. The second-order valence-corrected chi connectivity index (χ2v) is 4.50. The van der Waals surface area contributed by atoms with Crippen LogP contribution in [-0.4, -0.2) is 69.0 Å². The van der Waals surface area contributed by atoms with Gasteiger partial charge in [-0.25, -0.2) is 4.79 Å². The number of carboxylic acids is 1. The zero-order valence-electron chi connectivity index (χ0n) is 10.5. The van der Waals surface area contributed by atoms with E-state index in [-0.39, 0.29) is 11.6 Å². The van der Waals surface area contributed by atoms with E-state index in [4.69, 9.17) is 5.11 Å². The molecule has 1 unspecified atom stereocenters. The molecule has 2 heterocycles. The number of amides is 1. The monoisotopic (exact) mass is 268 g/mol. The van der Waals surface area contributed by atoms with Crippen molar-refractivity contribution in [2.75, 3.05) is 26.2 Å². The van der Waals surface area contributed by atoms with E-state index in [0.717, 1.165) is 0 Å². The topological polar surface area (TPSA) is 110 Å². The Morgan fingerprint density at radius 1 is 1.32 bits per heavy atom. The van der Waals surface area contributed by atoms with Crippen molar-refractivity contribution in [1.82, 2.24) is 19.8 Å². The molecule has 1 aliphatic heterocycles. The first kappa shape index (κ1) is 13.3. The zero-order valence-corrected chi connectivity index (χ0v) is 10.5. The highest BCUT2D eigenvalue weighted by atomic mass is 16.4. The van der Waals surface area contributed by atoms with Gasteiger partial charge in [0.05, 0.1) is 0 Å². The lowest BCUT2D eigenvalue weighted by atomic mass is 10.2. The quantitative estimate of drug-likeness (QED) is 0.647. The van der Waals surface area contributed by atoms with E-state index < -0.39 is 17.7 Å².